The predicted molar refractivity (Wildman–Crippen MR) is 46.2 cm³/mol. The molecule has 2 aromatic rings. The van der Waals surface area contributed by atoms with Crippen molar-refractivity contribution >= 4 is 5.82 Å². The maximum absolute atomic E-state index is 5.62. The lowest BCUT2D eigenvalue weighted by molar-refractivity contribution is 1.20. The van der Waals surface area contributed by atoms with Crippen molar-refractivity contribution in [1.82, 2.24) is 15.0 Å². The van der Waals surface area contributed by atoms with Crippen LogP contribution in [0.2, 0.25) is 0 Å². The van der Waals surface area contributed by atoms with Crippen LogP contribution in [0, 0.1) is 0 Å². The van der Waals surface area contributed by atoms with Crippen LogP contribution in [-0.4, -0.2) is 15.0 Å². The number of hydrogen-bond acceptors (Lipinski definition) is 3. The molecule has 4 nitrogen and oxygen atoms in total. The fraction of sp³-hybridized carbons (Fsp3) is 0. The van der Waals surface area contributed by atoms with Crippen molar-refractivity contribution in [2.75, 3.05) is 5.73 Å². The van der Waals surface area contributed by atoms with Crippen LogP contribution in [0.3, 0.4) is 0 Å². The zero-order valence-corrected chi connectivity index (χ0v) is 6.36. The zero-order valence-electron chi connectivity index (χ0n) is 6.36. The first-order valence-electron chi connectivity index (χ1n) is 3.58. The van der Waals surface area contributed by atoms with E-state index in [9.17, 15) is 0 Å². The Hall–Kier alpha value is -1.84. The second-order valence-electron chi connectivity index (χ2n) is 2.37. The molecular formula is C8H8N4. The molecule has 0 saturated carbocycles. The van der Waals surface area contributed by atoms with Crippen molar-refractivity contribution in [1.29, 1.82) is 0 Å². The predicted octanol–water partition coefficient (Wildman–Crippen LogP) is 1.05. The van der Waals surface area contributed by atoms with Crippen molar-refractivity contribution in [3.63, 3.8) is 0 Å². The minimum Gasteiger partial charge on any atom is -0.382 e. The average molecular weight is 160 g/mol. The monoisotopic (exact) mass is 160 g/mol. The van der Waals surface area contributed by atoms with E-state index in [2.05, 4.69) is 15.0 Å². The van der Waals surface area contributed by atoms with Crippen LogP contribution < -0.4 is 5.73 Å². The van der Waals surface area contributed by atoms with E-state index in [1.807, 2.05) is 18.3 Å². The van der Waals surface area contributed by atoms with Crippen LogP contribution in [0.4, 0.5) is 5.82 Å². The Morgan fingerprint density at radius 1 is 1.25 bits per heavy atom. The SMILES string of the molecule is Nc1nccnc1-c1ccc[nH]1. The van der Waals surface area contributed by atoms with Crippen LogP contribution in [0.15, 0.2) is 30.7 Å². The van der Waals surface area contributed by atoms with Crippen molar-refractivity contribution < 1.29 is 0 Å². The molecule has 0 aromatic carbocycles. The van der Waals surface area contributed by atoms with Crippen molar-refractivity contribution in [2.24, 2.45) is 0 Å². The first-order valence-corrected chi connectivity index (χ1v) is 3.58. The van der Waals surface area contributed by atoms with Gasteiger partial charge in [-0.15, -0.1) is 0 Å². The minimum atomic E-state index is 0.444. The van der Waals surface area contributed by atoms with Gasteiger partial charge in [-0.2, -0.15) is 0 Å². The Morgan fingerprint density at radius 2 is 2.08 bits per heavy atom. The molecule has 60 valence electrons. The summed E-state index contributed by atoms with van der Waals surface area (Å²) in [5.41, 5.74) is 7.20. The fourth-order valence-electron chi connectivity index (χ4n) is 1.03. The van der Waals surface area contributed by atoms with Gasteiger partial charge in [0.1, 0.15) is 5.69 Å². The molecule has 2 aromatic heterocycles. The second kappa shape index (κ2) is 2.65. The van der Waals surface area contributed by atoms with Crippen LogP contribution in [-0.2, 0) is 0 Å². The Kier molecular flexibility index (Phi) is 1.51. The molecular weight excluding hydrogens is 152 g/mol. The lowest BCUT2D eigenvalue weighted by Gasteiger charge is -1.98. The summed E-state index contributed by atoms with van der Waals surface area (Å²) in [4.78, 5) is 11.0. The van der Waals surface area contributed by atoms with E-state index in [0.717, 1.165) is 5.69 Å². The van der Waals surface area contributed by atoms with Gasteiger partial charge in [0.15, 0.2) is 5.82 Å². The van der Waals surface area contributed by atoms with Crippen LogP contribution >= 0.6 is 0 Å². The highest BCUT2D eigenvalue weighted by atomic mass is 14.9. The largest absolute Gasteiger partial charge is 0.382 e. The lowest BCUT2D eigenvalue weighted by atomic mass is 10.3. The smallest absolute Gasteiger partial charge is 0.151 e. The van der Waals surface area contributed by atoms with Crippen molar-refractivity contribution in [3.05, 3.63) is 30.7 Å². The number of nitrogens with zero attached hydrogens (tertiary/aromatic N) is 2. The van der Waals surface area contributed by atoms with E-state index in [1.165, 1.54) is 0 Å². The third-order valence-electron chi connectivity index (χ3n) is 1.58. The number of nitrogen functional groups attached to an aromatic ring is 1. The summed E-state index contributed by atoms with van der Waals surface area (Å²) < 4.78 is 0. The number of H-pyrrole nitrogens is 1. The summed E-state index contributed by atoms with van der Waals surface area (Å²) in [6.45, 7) is 0. The molecule has 0 unspecified atom stereocenters. The highest BCUT2D eigenvalue weighted by Crippen LogP contribution is 2.17. The van der Waals surface area contributed by atoms with Gasteiger partial charge < -0.3 is 10.7 Å². The van der Waals surface area contributed by atoms with Gasteiger partial charge in [-0.25, -0.2) is 9.97 Å². The fourth-order valence-corrected chi connectivity index (χ4v) is 1.03. The number of nitrogens with one attached hydrogen (secondary N) is 1. The highest BCUT2D eigenvalue weighted by Gasteiger charge is 2.03. The van der Waals surface area contributed by atoms with E-state index in [4.69, 9.17) is 5.73 Å². The van der Waals surface area contributed by atoms with Gasteiger partial charge in [-0.1, -0.05) is 0 Å². The second-order valence-corrected chi connectivity index (χ2v) is 2.37. The molecule has 0 aliphatic rings. The summed E-state index contributed by atoms with van der Waals surface area (Å²) in [7, 11) is 0. The Morgan fingerprint density at radius 3 is 2.75 bits per heavy atom. The molecule has 12 heavy (non-hydrogen) atoms. The first-order chi connectivity index (χ1) is 5.88. The molecule has 0 atom stereocenters. The van der Waals surface area contributed by atoms with Crippen LogP contribution in [0.1, 0.15) is 0 Å². The van der Waals surface area contributed by atoms with Gasteiger partial charge in [0, 0.05) is 18.6 Å². The molecule has 0 amide bonds. The highest BCUT2D eigenvalue weighted by molar-refractivity contribution is 5.65. The van der Waals surface area contributed by atoms with Gasteiger partial charge in [-0.05, 0) is 12.1 Å². The number of nitrogens with two attached hydrogens (primary N) is 1. The maximum Gasteiger partial charge on any atom is 0.151 e. The molecule has 0 bridgehead atoms. The van der Waals surface area contributed by atoms with Crippen molar-refractivity contribution in [2.45, 2.75) is 0 Å². The number of rotatable bonds is 1. The summed E-state index contributed by atoms with van der Waals surface area (Å²) in [6, 6.07) is 3.80. The summed E-state index contributed by atoms with van der Waals surface area (Å²) in [5, 5.41) is 0. The van der Waals surface area contributed by atoms with Crippen LogP contribution in [0.5, 0.6) is 0 Å². The molecule has 0 aliphatic carbocycles. The molecule has 2 rings (SSSR count). The van der Waals surface area contributed by atoms with E-state index in [0.29, 0.717) is 11.5 Å². The number of anilines is 1. The number of aromatic nitrogens is 3. The molecule has 4 heteroatoms. The minimum absolute atomic E-state index is 0.444. The summed E-state index contributed by atoms with van der Waals surface area (Å²) in [6.07, 6.45) is 5.01. The first kappa shape index (κ1) is 6.84. The normalized spacial score (nSPS) is 10.0. The Balaban J connectivity index is 2.55. The van der Waals surface area contributed by atoms with E-state index in [1.54, 1.807) is 12.4 Å². The molecule has 0 aliphatic heterocycles. The van der Waals surface area contributed by atoms with E-state index in [-0.39, 0.29) is 0 Å². The molecule has 0 saturated heterocycles. The van der Waals surface area contributed by atoms with Crippen LogP contribution in [0.25, 0.3) is 11.4 Å². The van der Waals surface area contributed by atoms with Gasteiger partial charge >= 0.3 is 0 Å². The third-order valence-corrected chi connectivity index (χ3v) is 1.58. The Bertz CT molecular complexity index is 366. The maximum atomic E-state index is 5.62. The summed E-state index contributed by atoms with van der Waals surface area (Å²) >= 11 is 0. The number of hydrogen-bond donors (Lipinski definition) is 2. The molecule has 0 fully saturated rings. The van der Waals surface area contributed by atoms with Gasteiger partial charge in [0.2, 0.25) is 0 Å². The third kappa shape index (κ3) is 1.03. The van der Waals surface area contributed by atoms with E-state index < -0.39 is 0 Å². The molecule has 2 heterocycles. The quantitative estimate of drug-likeness (QED) is 0.655. The number of aromatic amines is 1. The Labute approximate surface area is 69.5 Å². The average Bonchev–Trinajstić information content (AvgIpc) is 2.57. The molecule has 0 spiro atoms. The molecule has 3 N–H and O–H groups in total. The van der Waals surface area contributed by atoms with Gasteiger partial charge in [0.25, 0.3) is 0 Å². The lowest BCUT2D eigenvalue weighted by Crippen LogP contribution is -1.95. The topological polar surface area (TPSA) is 67.6 Å². The van der Waals surface area contributed by atoms with E-state index >= 15 is 0 Å². The molecule has 0 radical (unpaired) electrons. The standard InChI is InChI=1S/C8H8N4/c9-8-7(11-4-5-12-8)6-2-1-3-10-6/h1-5,10H,(H2,9,12). The van der Waals surface area contributed by atoms with Gasteiger partial charge in [-0.3, -0.25) is 0 Å². The summed E-state index contributed by atoms with van der Waals surface area (Å²) in [5.74, 6) is 0.444. The van der Waals surface area contributed by atoms with Crippen molar-refractivity contribution in [3.8, 4) is 11.4 Å². The van der Waals surface area contributed by atoms with Gasteiger partial charge in [0.05, 0.1) is 5.69 Å². The zero-order chi connectivity index (χ0) is 8.39.